The Morgan fingerprint density at radius 1 is 0.971 bits per heavy atom. The van der Waals surface area contributed by atoms with Crippen LogP contribution in [0.15, 0.2) is 0 Å². The molecule has 10 heteroatoms. The molecule has 5 N–H and O–H groups in total. The molecular weight excluding hydrogens is 436 g/mol. The molecule has 0 bridgehead atoms. The monoisotopic (exact) mass is 478 g/mol. The van der Waals surface area contributed by atoms with E-state index < -0.39 is 23.9 Å². The molecule has 3 aliphatic rings. The second kappa shape index (κ2) is 12.4. The lowest BCUT2D eigenvalue weighted by molar-refractivity contribution is -0.147. The molecule has 0 aromatic carbocycles. The Morgan fingerprint density at radius 2 is 1.65 bits per heavy atom. The lowest BCUT2D eigenvalue weighted by Gasteiger charge is -2.42. The lowest BCUT2D eigenvalue weighted by Crippen LogP contribution is -2.65. The summed E-state index contributed by atoms with van der Waals surface area (Å²) < 4.78 is 0. The molecular formula is C24H42N6O4. The molecule has 3 fully saturated rings. The van der Waals surface area contributed by atoms with E-state index in [0.717, 1.165) is 51.6 Å². The summed E-state index contributed by atoms with van der Waals surface area (Å²) in [6.07, 6.45) is 7.51. The molecule has 3 rings (SSSR count). The number of nitrogens with one attached hydrogen (secondary N) is 3. The van der Waals surface area contributed by atoms with Crippen LogP contribution < -0.4 is 21.7 Å². The number of urea groups is 1. The van der Waals surface area contributed by atoms with E-state index in [1.165, 1.54) is 6.42 Å². The van der Waals surface area contributed by atoms with Gasteiger partial charge in [-0.05, 0) is 52.1 Å². The van der Waals surface area contributed by atoms with Gasteiger partial charge in [0.05, 0.1) is 6.54 Å². The average Bonchev–Trinajstić information content (AvgIpc) is 2.83. The summed E-state index contributed by atoms with van der Waals surface area (Å²) in [5.74, 6) is -0.793. The Hall–Kier alpha value is -2.36. The fourth-order valence-corrected chi connectivity index (χ4v) is 5.37. The van der Waals surface area contributed by atoms with Gasteiger partial charge in [0.25, 0.3) is 0 Å². The third-order valence-electron chi connectivity index (χ3n) is 7.31. The zero-order valence-corrected chi connectivity index (χ0v) is 20.7. The van der Waals surface area contributed by atoms with Crippen LogP contribution in [0.25, 0.3) is 0 Å². The zero-order valence-electron chi connectivity index (χ0n) is 20.7. The topological polar surface area (TPSA) is 137 Å². The van der Waals surface area contributed by atoms with Crippen molar-refractivity contribution in [3.05, 3.63) is 0 Å². The van der Waals surface area contributed by atoms with E-state index >= 15 is 0 Å². The van der Waals surface area contributed by atoms with Crippen molar-refractivity contribution in [1.82, 2.24) is 25.8 Å². The molecule has 0 aromatic heterocycles. The summed E-state index contributed by atoms with van der Waals surface area (Å²) >= 11 is 0. The summed E-state index contributed by atoms with van der Waals surface area (Å²) in [5, 5.41) is 8.97. The molecule has 34 heavy (non-hydrogen) atoms. The zero-order chi connectivity index (χ0) is 24.7. The van der Waals surface area contributed by atoms with Gasteiger partial charge in [0.2, 0.25) is 17.7 Å². The van der Waals surface area contributed by atoms with E-state index in [1.807, 2.05) is 13.8 Å². The number of carbonyl (C=O) groups excluding carboxylic acids is 4. The van der Waals surface area contributed by atoms with Crippen molar-refractivity contribution < 1.29 is 19.2 Å². The van der Waals surface area contributed by atoms with Crippen LogP contribution in [0.4, 0.5) is 4.79 Å². The number of rotatable bonds is 7. The minimum Gasteiger partial charge on any atom is -0.368 e. The van der Waals surface area contributed by atoms with Crippen molar-refractivity contribution in [2.75, 3.05) is 32.7 Å². The first kappa shape index (κ1) is 26.2. The van der Waals surface area contributed by atoms with Gasteiger partial charge in [-0.1, -0.05) is 32.1 Å². The van der Waals surface area contributed by atoms with Crippen LogP contribution in [0, 0.1) is 11.8 Å². The Kier molecular flexibility index (Phi) is 9.55. The Morgan fingerprint density at radius 3 is 2.26 bits per heavy atom. The van der Waals surface area contributed by atoms with E-state index in [2.05, 4.69) is 16.0 Å². The van der Waals surface area contributed by atoms with E-state index in [4.69, 9.17) is 5.73 Å². The van der Waals surface area contributed by atoms with Crippen LogP contribution in [-0.2, 0) is 14.4 Å². The number of nitrogens with zero attached hydrogens (tertiary/aromatic N) is 2. The highest BCUT2D eigenvalue weighted by atomic mass is 16.2. The average molecular weight is 479 g/mol. The first-order valence-electron chi connectivity index (χ1n) is 12.9. The van der Waals surface area contributed by atoms with Gasteiger partial charge in [-0.25, -0.2) is 4.79 Å². The lowest BCUT2D eigenvalue weighted by atomic mass is 9.84. The third-order valence-corrected chi connectivity index (χ3v) is 7.31. The molecule has 2 unspecified atom stereocenters. The van der Waals surface area contributed by atoms with Crippen molar-refractivity contribution in [1.29, 1.82) is 0 Å². The van der Waals surface area contributed by atoms with Gasteiger partial charge in [-0.2, -0.15) is 0 Å². The van der Waals surface area contributed by atoms with Crippen LogP contribution in [0.1, 0.15) is 65.2 Å². The van der Waals surface area contributed by atoms with E-state index in [-0.39, 0.29) is 37.0 Å². The summed E-state index contributed by atoms with van der Waals surface area (Å²) in [4.78, 5) is 54.9. The molecule has 0 aromatic rings. The number of primary amides is 1. The number of piperazine rings is 1. The minimum absolute atomic E-state index is 0.0380. The molecule has 0 spiro atoms. The van der Waals surface area contributed by atoms with Gasteiger partial charge in [0, 0.05) is 25.0 Å². The van der Waals surface area contributed by atoms with Crippen molar-refractivity contribution in [3.8, 4) is 0 Å². The Labute approximate surface area is 202 Å². The first-order valence-corrected chi connectivity index (χ1v) is 12.9. The summed E-state index contributed by atoms with van der Waals surface area (Å²) in [6, 6.07) is -1.91. The number of nitrogens with two attached hydrogens (primary N) is 1. The van der Waals surface area contributed by atoms with Gasteiger partial charge in [0.15, 0.2) is 0 Å². The standard InChI is InChI=1S/C24H42N6O4/c1-16(2)27-24(34)29-12-13-30(23(33)18-8-10-26-11-9-18)20(15-29)22(32)28-19(21(25)31)14-17-6-4-3-5-7-17/h16-20,26H,3-15H2,1-2H3,(H2,25,31)(H,27,34)(H,28,32). The fourth-order valence-electron chi connectivity index (χ4n) is 5.37. The SMILES string of the molecule is CC(C)NC(=O)N1CCN(C(=O)C2CCNCC2)C(C(=O)NC(CC2CCCCC2)C(N)=O)C1. The van der Waals surface area contributed by atoms with Crippen LogP contribution in [0.3, 0.4) is 0 Å². The highest BCUT2D eigenvalue weighted by Crippen LogP contribution is 2.27. The maximum absolute atomic E-state index is 13.5. The van der Waals surface area contributed by atoms with Gasteiger partial charge in [0.1, 0.15) is 12.1 Å². The molecule has 2 atom stereocenters. The predicted molar refractivity (Wildman–Crippen MR) is 129 cm³/mol. The molecule has 5 amide bonds. The van der Waals surface area contributed by atoms with Crippen molar-refractivity contribution in [2.24, 2.45) is 17.6 Å². The second-order valence-corrected chi connectivity index (χ2v) is 10.3. The maximum Gasteiger partial charge on any atom is 0.317 e. The fraction of sp³-hybridized carbons (Fsp3) is 0.833. The van der Waals surface area contributed by atoms with Crippen LogP contribution in [0.2, 0.25) is 0 Å². The molecule has 2 saturated heterocycles. The number of carbonyl (C=O) groups is 4. The van der Waals surface area contributed by atoms with E-state index in [9.17, 15) is 19.2 Å². The van der Waals surface area contributed by atoms with Gasteiger partial charge in [-0.3, -0.25) is 14.4 Å². The first-order chi connectivity index (χ1) is 16.3. The number of piperidine rings is 1. The van der Waals surface area contributed by atoms with Crippen LogP contribution >= 0.6 is 0 Å². The highest BCUT2D eigenvalue weighted by Gasteiger charge is 2.40. The number of hydrogen-bond acceptors (Lipinski definition) is 5. The Balaban J connectivity index is 1.73. The van der Waals surface area contributed by atoms with Crippen molar-refractivity contribution >= 4 is 23.8 Å². The number of amides is 5. The second-order valence-electron chi connectivity index (χ2n) is 10.3. The van der Waals surface area contributed by atoms with Crippen molar-refractivity contribution in [3.63, 3.8) is 0 Å². The van der Waals surface area contributed by atoms with Crippen LogP contribution in [0.5, 0.6) is 0 Å². The molecule has 10 nitrogen and oxygen atoms in total. The number of hydrogen-bond donors (Lipinski definition) is 4. The summed E-state index contributed by atoms with van der Waals surface area (Å²) in [7, 11) is 0. The molecule has 2 aliphatic heterocycles. The molecule has 2 heterocycles. The molecule has 192 valence electrons. The molecule has 1 saturated carbocycles. The smallest absolute Gasteiger partial charge is 0.317 e. The molecule has 0 radical (unpaired) electrons. The van der Waals surface area contributed by atoms with Crippen LogP contribution in [-0.4, -0.2) is 84.4 Å². The predicted octanol–water partition coefficient (Wildman–Crippen LogP) is 0.557. The van der Waals surface area contributed by atoms with Gasteiger partial charge in [-0.15, -0.1) is 0 Å². The van der Waals surface area contributed by atoms with Crippen molar-refractivity contribution in [2.45, 2.75) is 83.3 Å². The maximum atomic E-state index is 13.5. The minimum atomic E-state index is -0.845. The quantitative estimate of drug-likeness (QED) is 0.424. The summed E-state index contributed by atoms with van der Waals surface area (Å²) in [6.45, 7) is 6.04. The molecule has 1 aliphatic carbocycles. The van der Waals surface area contributed by atoms with Gasteiger partial charge < -0.3 is 31.5 Å². The van der Waals surface area contributed by atoms with E-state index in [1.54, 1.807) is 9.80 Å². The van der Waals surface area contributed by atoms with Gasteiger partial charge >= 0.3 is 6.03 Å². The normalized spacial score (nSPS) is 23.4. The third kappa shape index (κ3) is 7.07. The largest absolute Gasteiger partial charge is 0.368 e. The Bertz CT molecular complexity index is 733. The highest BCUT2D eigenvalue weighted by molar-refractivity contribution is 5.93. The van der Waals surface area contributed by atoms with E-state index in [0.29, 0.717) is 18.9 Å². The summed E-state index contributed by atoms with van der Waals surface area (Å²) in [5.41, 5.74) is 5.66.